The zero-order valence-electron chi connectivity index (χ0n) is 13.3. The Bertz CT molecular complexity index is 242. The van der Waals surface area contributed by atoms with Crippen molar-refractivity contribution < 1.29 is 0 Å². The summed E-state index contributed by atoms with van der Waals surface area (Å²) < 4.78 is 0. The second-order valence-corrected chi connectivity index (χ2v) is 6.96. The molecule has 1 aliphatic carbocycles. The molecule has 0 bridgehead atoms. The summed E-state index contributed by atoms with van der Waals surface area (Å²) in [5.74, 6) is 5.53. The van der Waals surface area contributed by atoms with Crippen molar-refractivity contribution in [1.29, 1.82) is 0 Å². The van der Waals surface area contributed by atoms with Crippen molar-refractivity contribution in [2.75, 3.05) is 0 Å². The van der Waals surface area contributed by atoms with Gasteiger partial charge in [-0.05, 0) is 54.8 Å². The zero-order chi connectivity index (χ0) is 13.7. The van der Waals surface area contributed by atoms with Gasteiger partial charge in [0.05, 0.1) is 0 Å². The summed E-state index contributed by atoms with van der Waals surface area (Å²) in [5.41, 5.74) is 0. The maximum absolute atomic E-state index is 3.89. The molecule has 1 aliphatic rings. The molecule has 6 unspecified atom stereocenters. The van der Waals surface area contributed by atoms with Crippen LogP contribution in [0.4, 0.5) is 0 Å². The lowest BCUT2D eigenvalue weighted by Gasteiger charge is -2.21. The van der Waals surface area contributed by atoms with E-state index in [9.17, 15) is 0 Å². The first-order valence-corrected chi connectivity index (χ1v) is 8.13. The lowest BCUT2D eigenvalue weighted by atomic mass is 9.85. The Hall–Kier alpha value is -0.260. The Labute approximate surface area is 115 Å². The molecule has 0 nitrogen and oxygen atoms in total. The van der Waals surface area contributed by atoms with Gasteiger partial charge in [-0.2, -0.15) is 0 Å². The first kappa shape index (κ1) is 15.8. The highest BCUT2D eigenvalue weighted by molar-refractivity contribution is 4.94. The van der Waals surface area contributed by atoms with Crippen molar-refractivity contribution in [2.45, 2.75) is 66.7 Å². The Balaban J connectivity index is 2.28. The topological polar surface area (TPSA) is 0 Å². The minimum absolute atomic E-state index is 0.695. The van der Waals surface area contributed by atoms with Crippen LogP contribution < -0.4 is 0 Å². The second-order valence-electron chi connectivity index (χ2n) is 6.96. The predicted octanol–water partition coefficient (Wildman–Crippen LogP) is 5.93. The van der Waals surface area contributed by atoms with Crippen molar-refractivity contribution in [3.8, 4) is 0 Å². The highest BCUT2D eigenvalue weighted by atomic mass is 14.5. The van der Waals surface area contributed by atoms with Crippen LogP contribution in [0.5, 0.6) is 0 Å². The maximum Gasteiger partial charge on any atom is -0.0265 e. The summed E-state index contributed by atoms with van der Waals surface area (Å²) in [7, 11) is 0. The van der Waals surface area contributed by atoms with Gasteiger partial charge in [0.25, 0.3) is 0 Å². The molecule has 106 valence electrons. The van der Waals surface area contributed by atoms with Crippen LogP contribution in [0.1, 0.15) is 66.7 Å². The third-order valence-electron chi connectivity index (χ3n) is 5.42. The zero-order valence-corrected chi connectivity index (χ0v) is 13.3. The van der Waals surface area contributed by atoms with Crippen LogP contribution in [0.25, 0.3) is 0 Å². The Morgan fingerprint density at radius 3 is 2.28 bits per heavy atom. The van der Waals surface area contributed by atoms with E-state index in [0.717, 1.165) is 29.6 Å². The van der Waals surface area contributed by atoms with Crippen LogP contribution in [0.15, 0.2) is 12.7 Å². The van der Waals surface area contributed by atoms with Gasteiger partial charge in [0.15, 0.2) is 0 Å². The average molecular weight is 250 g/mol. The molecule has 0 N–H and O–H groups in total. The minimum atomic E-state index is 0.695. The number of hydrogen-bond acceptors (Lipinski definition) is 0. The van der Waals surface area contributed by atoms with Gasteiger partial charge >= 0.3 is 0 Å². The SMILES string of the molecule is C=CC(C)CCC(C)C1CC1C(C)C(C)CCC. The third-order valence-corrected chi connectivity index (χ3v) is 5.42. The first-order valence-electron chi connectivity index (χ1n) is 8.13. The van der Waals surface area contributed by atoms with E-state index in [-0.39, 0.29) is 0 Å². The minimum Gasteiger partial charge on any atom is -0.103 e. The van der Waals surface area contributed by atoms with E-state index in [4.69, 9.17) is 0 Å². The molecule has 0 amide bonds. The smallest absolute Gasteiger partial charge is 0.0265 e. The summed E-state index contributed by atoms with van der Waals surface area (Å²) in [6, 6.07) is 0. The average Bonchev–Trinajstić information content (AvgIpc) is 3.15. The van der Waals surface area contributed by atoms with Gasteiger partial charge in [0, 0.05) is 0 Å². The molecule has 0 heteroatoms. The van der Waals surface area contributed by atoms with E-state index in [1.807, 2.05) is 0 Å². The monoisotopic (exact) mass is 250 g/mol. The van der Waals surface area contributed by atoms with E-state index in [1.165, 1.54) is 32.1 Å². The van der Waals surface area contributed by atoms with Gasteiger partial charge in [-0.1, -0.05) is 53.5 Å². The molecule has 18 heavy (non-hydrogen) atoms. The van der Waals surface area contributed by atoms with Crippen LogP contribution in [-0.4, -0.2) is 0 Å². The molecule has 0 saturated heterocycles. The largest absolute Gasteiger partial charge is 0.103 e. The van der Waals surface area contributed by atoms with Gasteiger partial charge in [-0.25, -0.2) is 0 Å². The summed E-state index contributed by atoms with van der Waals surface area (Å²) in [6.07, 6.45) is 9.07. The van der Waals surface area contributed by atoms with Gasteiger partial charge in [0.2, 0.25) is 0 Å². The van der Waals surface area contributed by atoms with Crippen LogP contribution >= 0.6 is 0 Å². The number of rotatable bonds is 9. The standard InChI is InChI=1S/C18H34/c1-7-9-14(4)16(6)18-12-17(18)15(5)11-10-13(3)8-2/h8,13-18H,2,7,9-12H2,1,3-6H3. The number of hydrogen-bond donors (Lipinski definition) is 0. The van der Waals surface area contributed by atoms with Gasteiger partial charge in [-0.15, -0.1) is 6.58 Å². The summed E-state index contributed by atoms with van der Waals surface area (Å²) in [6.45, 7) is 15.9. The van der Waals surface area contributed by atoms with E-state index < -0.39 is 0 Å². The molecular weight excluding hydrogens is 216 g/mol. The molecule has 1 saturated carbocycles. The molecule has 1 rings (SSSR count). The molecule has 0 radical (unpaired) electrons. The van der Waals surface area contributed by atoms with Crippen molar-refractivity contribution in [2.24, 2.45) is 35.5 Å². The molecule has 0 aliphatic heterocycles. The van der Waals surface area contributed by atoms with Crippen molar-refractivity contribution in [3.05, 3.63) is 12.7 Å². The fraction of sp³-hybridized carbons (Fsp3) is 0.889. The van der Waals surface area contributed by atoms with E-state index in [2.05, 4.69) is 47.3 Å². The van der Waals surface area contributed by atoms with Crippen LogP contribution in [0, 0.1) is 35.5 Å². The fourth-order valence-corrected chi connectivity index (χ4v) is 3.49. The summed E-state index contributed by atoms with van der Waals surface area (Å²) in [5, 5.41) is 0. The van der Waals surface area contributed by atoms with Gasteiger partial charge in [0.1, 0.15) is 0 Å². The van der Waals surface area contributed by atoms with Crippen LogP contribution in [-0.2, 0) is 0 Å². The highest BCUT2D eigenvalue weighted by Crippen LogP contribution is 2.52. The van der Waals surface area contributed by atoms with Crippen molar-refractivity contribution >= 4 is 0 Å². The Morgan fingerprint density at radius 1 is 1.06 bits per heavy atom. The van der Waals surface area contributed by atoms with Gasteiger partial charge in [-0.3, -0.25) is 0 Å². The first-order chi connectivity index (χ1) is 8.51. The quantitative estimate of drug-likeness (QED) is 0.445. The lowest BCUT2D eigenvalue weighted by molar-refractivity contribution is 0.288. The maximum atomic E-state index is 3.89. The van der Waals surface area contributed by atoms with Crippen LogP contribution in [0.3, 0.4) is 0 Å². The molecule has 0 spiro atoms. The van der Waals surface area contributed by atoms with E-state index >= 15 is 0 Å². The molecule has 0 aromatic heterocycles. The summed E-state index contributed by atoms with van der Waals surface area (Å²) in [4.78, 5) is 0. The molecule has 6 atom stereocenters. The molecule has 1 fully saturated rings. The van der Waals surface area contributed by atoms with Crippen LogP contribution in [0.2, 0.25) is 0 Å². The number of allylic oxidation sites excluding steroid dienone is 1. The third kappa shape index (κ3) is 4.44. The molecular formula is C18H34. The van der Waals surface area contributed by atoms with Crippen molar-refractivity contribution in [3.63, 3.8) is 0 Å². The molecule has 0 heterocycles. The normalized spacial score (nSPS) is 29.4. The lowest BCUT2D eigenvalue weighted by Crippen LogP contribution is -2.13. The molecule has 0 aromatic rings. The fourth-order valence-electron chi connectivity index (χ4n) is 3.49. The second kappa shape index (κ2) is 7.36. The highest BCUT2D eigenvalue weighted by Gasteiger charge is 2.44. The van der Waals surface area contributed by atoms with Crippen molar-refractivity contribution in [1.82, 2.24) is 0 Å². The Morgan fingerprint density at radius 2 is 1.72 bits per heavy atom. The van der Waals surface area contributed by atoms with E-state index in [0.29, 0.717) is 5.92 Å². The van der Waals surface area contributed by atoms with E-state index in [1.54, 1.807) is 0 Å². The van der Waals surface area contributed by atoms with Gasteiger partial charge < -0.3 is 0 Å². The molecule has 0 aromatic carbocycles. The summed E-state index contributed by atoms with van der Waals surface area (Å²) >= 11 is 0. The predicted molar refractivity (Wildman–Crippen MR) is 82.6 cm³/mol. The Kier molecular flexibility index (Phi) is 6.46.